The fraction of sp³-hybridized carbons (Fsp3) is 0.0769. The molecule has 0 unspecified atom stereocenters. The zero-order chi connectivity index (χ0) is 13.4. The highest BCUT2D eigenvalue weighted by Crippen LogP contribution is 2.34. The lowest BCUT2D eigenvalue weighted by Gasteiger charge is -2.09. The summed E-state index contributed by atoms with van der Waals surface area (Å²) in [4.78, 5) is 0. The van der Waals surface area contributed by atoms with Gasteiger partial charge in [0.1, 0.15) is 23.2 Å². The number of aryl methyl sites for hydroxylation is 1. The number of benzene rings is 2. The summed E-state index contributed by atoms with van der Waals surface area (Å²) in [7, 11) is 0. The molecule has 5 heteroatoms. The molecule has 2 aromatic rings. The second-order valence-electron chi connectivity index (χ2n) is 3.97. The monoisotopic (exact) mass is 253 g/mol. The van der Waals surface area contributed by atoms with Crippen LogP contribution < -0.4 is 5.73 Å². The normalized spacial score (nSPS) is 10.7. The summed E-state index contributed by atoms with van der Waals surface area (Å²) in [5.41, 5.74) is 4.77. The predicted molar refractivity (Wildman–Crippen MR) is 62.6 cm³/mol. The molecule has 0 spiro atoms. The molecule has 0 aliphatic heterocycles. The first-order chi connectivity index (χ1) is 8.40. The van der Waals surface area contributed by atoms with Crippen LogP contribution in [0.5, 0.6) is 5.75 Å². The van der Waals surface area contributed by atoms with Gasteiger partial charge in [-0.2, -0.15) is 0 Å². The summed E-state index contributed by atoms with van der Waals surface area (Å²) in [6.07, 6.45) is 0. The third-order valence-corrected chi connectivity index (χ3v) is 2.65. The minimum Gasteiger partial charge on any atom is -0.507 e. The molecule has 18 heavy (non-hydrogen) atoms. The number of rotatable bonds is 1. The van der Waals surface area contributed by atoms with Crippen LogP contribution in [0.3, 0.4) is 0 Å². The maximum Gasteiger partial charge on any atom is 0.146 e. The smallest absolute Gasteiger partial charge is 0.146 e. The van der Waals surface area contributed by atoms with Crippen molar-refractivity contribution in [3.8, 4) is 16.9 Å². The van der Waals surface area contributed by atoms with Crippen LogP contribution in [0.4, 0.5) is 18.9 Å². The summed E-state index contributed by atoms with van der Waals surface area (Å²) in [6.45, 7) is 1.41. The van der Waals surface area contributed by atoms with Crippen molar-refractivity contribution < 1.29 is 18.3 Å². The van der Waals surface area contributed by atoms with E-state index in [1.165, 1.54) is 6.92 Å². The molecular formula is C13H10F3NO. The molecule has 3 N–H and O–H groups in total. The van der Waals surface area contributed by atoms with E-state index < -0.39 is 23.2 Å². The zero-order valence-electron chi connectivity index (χ0n) is 9.47. The Morgan fingerprint density at radius 1 is 0.889 bits per heavy atom. The van der Waals surface area contributed by atoms with E-state index in [9.17, 15) is 18.3 Å². The van der Waals surface area contributed by atoms with Crippen LogP contribution in [0.25, 0.3) is 11.1 Å². The molecule has 0 amide bonds. The fourth-order valence-corrected chi connectivity index (χ4v) is 1.65. The molecular weight excluding hydrogens is 243 g/mol. The number of hydrogen-bond acceptors (Lipinski definition) is 2. The number of halogens is 3. The molecule has 2 rings (SSSR count). The lowest BCUT2D eigenvalue weighted by Crippen LogP contribution is -1.95. The Balaban J connectivity index is 2.69. The van der Waals surface area contributed by atoms with Crippen LogP contribution in [-0.4, -0.2) is 5.11 Å². The Labute approximate surface area is 101 Å². The Morgan fingerprint density at radius 3 is 2.17 bits per heavy atom. The molecule has 0 aliphatic carbocycles. The van der Waals surface area contributed by atoms with Crippen molar-refractivity contribution in [2.45, 2.75) is 6.92 Å². The zero-order valence-corrected chi connectivity index (χ0v) is 9.47. The van der Waals surface area contributed by atoms with E-state index in [0.717, 1.165) is 24.3 Å². The number of nitrogen functional groups attached to an aromatic ring is 1. The first-order valence-electron chi connectivity index (χ1n) is 5.14. The first-order valence-corrected chi connectivity index (χ1v) is 5.14. The van der Waals surface area contributed by atoms with E-state index in [0.29, 0.717) is 0 Å². The second kappa shape index (κ2) is 4.25. The number of hydrogen-bond donors (Lipinski definition) is 2. The quantitative estimate of drug-likeness (QED) is 0.765. The van der Waals surface area contributed by atoms with Crippen molar-refractivity contribution in [2.24, 2.45) is 0 Å². The van der Waals surface area contributed by atoms with Gasteiger partial charge in [-0.1, -0.05) is 0 Å². The van der Waals surface area contributed by atoms with E-state index in [-0.39, 0.29) is 22.4 Å². The third-order valence-electron chi connectivity index (χ3n) is 2.65. The molecule has 0 aromatic heterocycles. The van der Waals surface area contributed by atoms with Crippen LogP contribution in [0, 0.1) is 24.4 Å². The van der Waals surface area contributed by atoms with Crippen LogP contribution in [-0.2, 0) is 0 Å². The summed E-state index contributed by atoms with van der Waals surface area (Å²) in [5.74, 6) is -2.59. The van der Waals surface area contributed by atoms with Gasteiger partial charge in [-0.05, 0) is 30.7 Å². The molecule has 0 bridgehead atoms. The highest BCUT2D eigenvalue weighted by molar-refractivity contribution is 5.73. The maximum absolute atomic E-state index is 13.7. The molecule has 0 radical (unpaired) electrons. The van der Waals surface area contributed by atoms with E-state index in [2.05, 4.69) is 0 Å². The molecule has 0 aliphatic rings. The average Bonchev–Trinajstić information content (AvgIpc) is 2.29. The van der Waals surface area contributed by atoms with E-state index >= 15 is 0 Å². The second-order valence-corrected chi connectivity index (χ2v) is 3.97. The highest BCUT2D eigenvalue weighted by Gasteiger charge is 2.15. The van der Waals surface area contributed by atoms with Crippen LogP contribution in [0.15, 0.2) is 24.3 Å². The molecule has 0 saturated heterocycles. The largest absolute Gasteiger partial charge is 0.507 e. The van der Waals surface area contributed by atoms with Crippen molar-refractivity contribution in [2.75, 3.05) is 5.73 Å². The lowest BCUT2D eigenvalue weighted by molar-refractivity contribution is 0.475. The predicted octanol–water partition coefficient (Wildman–Crippen LogP) is 3.37. The summed E-state index contributed by atoms with van der Waals surface area (Å²) < 4.78 is 40.4. The molecule has 0 saturated carbocycles. The van der Waals surface area contributed by atoms with Crippen LogP contribution in [0.1, 0.15) is 5.56 Å². The van der Waals surface area contributed by atoms with Gasteiger partial charge in [0.25, 0.3) is 0 Å². The Morgan fingerprint density at radius 2 is 1.50 bits per heavy atom. The number of phenols is 1. The van der Waals surface area contributed by atoms with Gasteiger partial charge in [0.05, 0.1) is 5.69 Å². The standard InChI is InChI=1S/C13H10F3NO/c1-6-2-10(15)7(3-9(6)14)8-4-11(16)12(17)5-13(8)18/h2-5,18H,17H2,1H3. The minimum absolute atomic E-state index is 0.131. The van der Waals surface area contributed by atoms with Gasteiger partial charge in [-0.15, -0.1) is 0 Å². The van der Waals surface area contributed by atoms with E-state index in [4.69, 9.17) is 5.73 Å². The summed E-state index contributed by atoms with van der Waals surface area (Å²) in [5, 5.41) is 9.62. The number of aromatic hydroxyl groups is 1. The van der Waals surface area contributed by atoms with Gasteiger partial charge in [-0.25, -0.2) is 13.2 Å². The highest BCUT2D eigenvalue weighted by atomic mass is 19.1. The topological polar surface area (TPSA) is 46.2 Å². The van der Waals surface area contributed by atoms with Crippen LogP contribution in [0.2, 0.25) is 0 Å². The fourth-order valence-electron chi connectivity index (χ4n) is 1.65. The number of phenolic OH excluding ortho intramolecular Hbond substituents is 1. The lowest BCUT2D eigenvalue weighted by atomic mass is 10.0. The Kier molecular flexibility index (Phi) is 2.90. The van der Waals surface area contributed by atoms with Gasteiger partial charge < -0.3 is 10.8 Å². The van der Waals surface area contributed by atoms with Gasteiger partial charge in [-0.3, -0.25) is 0 Å². The molecule has 2 aromatic carbocycles. The number of nitrogens with two attached hydrogens (primary N) is 1. The molecule has 0 atom stereocenters. The first kappa shape index (κ1) is 12.3. The number of anilines is 1. The SMILES string of the molecule is Cc1cc(F)c(-c2cc(F)c(N)cc2O)cc1F. The molecule has 94 valence electrons. The van der Waals surface area contributed by atoms with Crippen LogP contribution >= 0.6 is 0 Å². The van der Waals surface area contributed by atoms with Gasteiger partial charge >= 0.3 is 0 Å². The van der Waals surface area contributed by atoms with Crippen molar-refractivity contribution in [3.63, 3.8) is 0 Å². The van der Waals surface area contributed by atoms with Gasteiger partial charge in [0.2, 0.25) is 0 Å². The Bertz CT molecular complexity index is 571. The molecule has 2 nitrogen and oxygen atoms in total. The Hall–Kier alpha value is -2.17. The van der Waals surface area contributed by atoms with E-state index in [1.54, 1.807) is 0 Å². The summed E-state index contributed by atoms with van der Waals surface area (Å²) >= 11 is 0. The van der Waals surface area contributed by atoms with E-state index in [1.807, 2.05) is 0 Å². The maximum atomic E-state index is 13.7. The van der Waals surface area contributed by atoms with Crippen molar-refractivity contribution in [1.82, 2.24) is 0 Å². The minimum atomic E-state index is -0.803. The van der Waals surface area contributed by atoms with Gasteiger partial charge in [0, 0.05) is 17.2 Å². The van der Waals surface area contributed by atoms with Crippen molar-refractivity contribution >= 4 is 5.69 Å². The van der Waals surface area contributed by atoms with Crippen molar-refractivity contribution in [3.05, 3.63) is 47.3 Å². The summed E-state index contributed by atoms with van der Waals surface area (Å²) in [6, 6.07) is 3.73. The molecule has 0 heterocycles. The van der Waals surface area contributed by atoms with Gasteiger partial charge in [0.15, 0.2) is 0 Å². The third kappa shape index (κ3) is 1.99. The van der Waals surface area contributed by atoms with Crippen molar-refractivity contribution in [1.29, 1.82) is 0 Å². The average molecular weight is 253 g/mol. The molecule has 0 fully saturated rings.